The number of aromatic nitrogens is 3. The number of para-hydroxylation sites is 1. The van der Waals surface area contributed by atoms with Crippen molar-refractivity contribution in [3.05, 3.63) is 64.4 Å². The molecule has 4 rings (SSSR count). The Labute approximate surface area is 192 Å². The summed E-state index contributed by atoms with van der Waals surface area (Å²) >= 11 is 3.26. The second-order valence-corrected chi connectivity index (χ2v) is 9.61. The number of nitrogens with two attached hydrogens (primary N) is 1. The molecule has 4 N–H and O–H groups in total. The van der Waals surface area contributed by atoms with Crippen LogP contribution in [0.2, 0.25) is 0 Å². The van der Waals surface area contributed by atoms with Gasteiger partial charge in [-0.05, 0) is 59.1 Å². The van der Waals surface area contributed by atoms with E-state index in [9.17, 15) is 13.2 Å². The van der Waals surface area contributed by atoms with E-state index >= 15 is 0 Å². The minimum atomic E-state index is -3.71. The Hall–Kier alpha value is -3.09. The molecule has 0 radical (unpaired) electrons. The fourth-order valence-corrected chi connectivity index (χ4v) is 4.47. The zero-order chi connectivity index (χ0) is 22.7. The Kier molecular flexibility index (Phi) is 6.35. The number of carbonyl (C=O) groups is 1. The molecule has 1 heterocycles. The maximum absolute atomic E-state index is 12.6. The van der Waals surface area contributed by atoms with Gasteiger partial charge >= 0.3 is 5.97 Å². The summed E-state index contributed by atoms with van der Waals surface area (Å²) in [5.41, 5.74) is 6.56. The van der Waals surface area contributed by atoms with Crippen LogP contribution in [-0.4, -0.2) is 35.4 Å². The fraction of sp³-hybridized carbons (Fsp3) is 0.200. The van der Waals surface area contributed by atoms with E-state index in [0.717, 1.165) is 18.5 Å². The van der Waals surface area contributed by atoms with Gasteiger partial charge in [0.15, 0.2) is 12.4 Å². The van der Waals surface area contributed by atoms with Crippen LogP contribution in [-0.2, 0) is 21.4 Å². The monoisotopic (exact) mass is 518 g/mol. The molecule has 0 bridgehead atoms. The zero-order valence-corrected chi connectivity index (χ0v) is 19.1. The summed E-state index contributed by atoms with van der Waals surface area (Å²) < 4.78 is 33.2. The van der Waals surface area contributed by atoms with Crippen LogP contribution in [0.1, 0.15) is 29.0 Å². The first-order valence-electron chi connectivity index (χ1n) is 9.62. The molecule has 2 aromatic carbocycles. The first-order valence-corrected chi connectivity index (χ1v) is 11.9. The Morgan fingerprint density at radius 2 is 1.88 bits per heavy atom. The average Bonchev–Trinajstić information content (AvgIpc) is 3.56. The first-order chi connectivity index (χ1) is 15.3. The van der Waals surface area contributed by atoms with Crippen molar-refractivity contribution >= 4 is 49.5 Å². The first kappa shape index (κ1) is 22.1. The predicted octanol–water partition coefficient (Wildman–Crippen LogP) is 2.76. The Morgan fingerprint density at radius 1 is 1.12 bits per heavy atom. The highest BCUT2D eigenvalue weighted by atomic mass is 79.9. The van der Waals surface area contributed by atoms with Crippen LogP contribution < -0.4 is 15.8 Å². The van der Waals surface area contributed by atoms with Crippen molar-refractivity contribution < 1.29 is 17.9 Å². The van der Waals surface area contributed by atoms with E-state index < -0.39 is 16.0 Å². The van der Waals surface area contributed by atoms with E-state index in [1.165, 1.54) is 18.2 Å². The quantitative estimate of drug-likeness (QED) is 0.382. The molecule has 1 aromatic heterocycles. The highest BCUT2D eigenvalue weighted by Crippen LogP contribution is 2.25. The van der Waals surface area contributed by atoms with Gasteiger partial charge in [0, 0.05) is 16.2 Å². The van der Waals surface area contributed by atoms with Crippen LogP contribution >= 0.6 is 15.9 Å². The molecule has 10 nitrogen and oxygen atoms in total. The maximum atomic E-state index is 12.6. The number of hydrogen-bond acceptors (Lipinski definition) is 9. The summed E-state index contributed by atoms with van der Waals surface area (Å²) in [7, 11) is -3.71. The second kappa shape index (κ2) is 9.18. The average molecular weight is 519 g/mol. The van der Waals surface area contributed by atoms with Crippen LogP contribution in [0.15, 0.2) is 57.9 Å². The van der Waals surface area contributed by atoms with Gasteiger partial charge in [-0.3, -0.25) is 0 Å². The summed E-state index contributed by atoms with van der Waals surface area (Å²) in [5.74, 6) is -0.434. The minimum absolute atomic E-state index is 0.0155. The third-order valence-corrected chi connectivity index (χ3v) is 6.64. The lowest BCUT2D eigenvalue weighted by molar-refractivity contribution is 0.0461. The smallest absolute Gasteiger partial charge is 0.339 e. The van der Waals surface area contributed by atoms with Crippen LogP contribution in [0.5, 0.6) is 0 Å². The largest absolute Gasteiger partial charge is 0.454 e. The number of benzene rings is 2. The lowest BCUT2D eigenvalue weighted by Crippen LogP contribution is -2.26. The molecule has 0 atom stereocenters. The lowest BCUT2D eigenvalue weighted by Gasteiger charge is -2.10. The topological polar surface area (TPSA) is 149 Å². The minimum Gasteiger partial charge on any atom is -0.454 e. The SMILES string of the molecule is Nc1nc(COC(=O)c2cc(S(=O)(=O)NC3CC3)ccc2Br)nc(Nc2ccccc2)n1. The van der Waals surface area contributed by atoms with Gasteiger partial charge in [0.2, 0.25) is 21.9 Å². The third kappa shape index (κ3) is 5.58. The van der Waals surface area contributed by atoms with Crippen molar-refractivity contribution in [2.24, 2.45) is 0 Å². The van der Waals surface area contributed by atoms with Crippen molar-refractivity contribution in [2.45, 2.75) is 30.4 Å². The molecule has 1 aliphatic carbocycles. The molecule has 1 fully saturated rings. The molecule has 0 amide bonds. The molecular formula is C20H19BrN6O4S. The number of nitrogens with zero attached hydrogens (tertiary/aromatic N) is 3. The number of esters is 1. The van der Waals surface area contributed by atoms with Gasteiger partial charge in [-0.2, -0.15) is 15.0 Å². The number of nitrogen functional groups attached to an aromatic ring is 1. The normalized spacial score (nSPS) is 13.5. The van der Waals surface area contributed by atoms with Crippen molar-refractivity contribution in [3.8, 4) is 0 Å². The molecule has 0 spiro atoms. The highest BCUT2D eigenvalue weighted by molar-refractivity contribution is 9.10. The number of carbonyl (C=O) groups excluding carboxylic acids is 1. The lowest BCUT2D eigenvalue weighted by atomic mass is 10.2. The van der Waals surface area contributed by atoms with E-state index in [0.29, 0.717) is 4.47 Å². The van der Waals surface area contributed by atoms with Crippen molar-refractivity contribution in [1.29, 1.82) is 0 Å². The Balaban J connectivity index is 1.47. The van der Waals surface area contributed by atoms with Gasteiger partial charge in [0.25, 0.3) is 0 Å². The summed E-state index contributed by atoms with van der Waals surface area (Å²) in [6.07, 6.45) is 1.61. The number of ether oxygens (including phenoxy) is 1. The van der Waals surface area contributed by atoms with Crippen molar-refractivity contribution in [3.63, 3.8) is 0 Å². The van der Waals surface area contributed by atoms with Gasteiger partial charge in [0.05, 0.1) is 10.5 Å². The van der Waals surface area contributed by atoms with Crippen LogP contribution in [0.3, 0.4) is 0 Å². The number of sulfonamides is 1. The van der Waals surface area contributed by atoms with E-state index in [1.807, 2.05) is 30.3 Å². The van der Waals surface area contributed by atoms with Gasteiger partial charge in [-0.25, -0.2) is 17.9 Å². The molecule has 0 saturated heterocycles. The van der Waals surface area contributed by atoms with E-state index in [2.05, 4.69) is 40.9 Å². The van der Waals surface area contributed by atoms with Gasteiger partial charge in [-0.1, -0.05) is 18.2 Å². The standard InChI is InChI=1S/C20H19BrN6O4S/c21-16-9-8-14(32(29,30)27-13-6-7-13)10-15(16)18(28)31-11-17-24-19(22)26-20(25-17)23-12-4-2-1-3-5-12/h1-5,8-10,13,27H,6-7,11H2,(H3,22,23,24,25,26). The van der Waals surface area contributed by atoms with Gasteiger partial charge < -0.3 is 15.8 Å². The number of nitrogens with one attached hydrogen (secondary N) is 2. The number of halogens is 1. The van der Waals surface area contributed by atoms with Gasteiger partial charge in [0.1, 0.15) is 0 Å². The number of anilines is 3. The summed E-state index contributed by atoms with van der Waals surface area (Å²) in [4.78, 5) is 24.8. The molecule has 3 aromatic rings. The van der Waals surface area contributed by atoms with Gasteiger partial charge in [-0.15, -0.1) is 0 Å². The van der Waals surface area contributed by atoms with Crippen LogP contribution in [0, 0.1) is 0 Å². The third-order valence-electron chi connectivity index (χ3n) is 4.43. The van der Waals surface area contributed by atoms with E-state index in [-0.39, 0.29) is 40.8 Å². The molecule has 1 saturated carbocycles. The molecule has 1 aliphatic rings. The Bertz CT molecular complexity index is 1250. The highest BCUT2D eigenvalue weighted by Gasteiger charge is 2.28. The molecule has 166 valence electrons. The molecular weight excluding hydrogens is 500 g/mol. The second-order valence-electron chi connectivity index (χ2n) is 7.04. The molecule has 12 heteroatoms. The van der Waals surface area contributed by atoms with Crippen molar-refractivity contribution in [2.75, 3.05) is 11.1 Å². The van der Waals surface area contributed by atoms with Crippen LogP contribution in [0.25, 0.3) is 0 Å². The summed E-state index contributed by atoms with van der Waals surface area (Å²) in [6, 6.07) is 13.4. The van der Waals surface area contributed by atoms with Crippen molar-refractivity contribution in [1.82, 2.24) is 19.7 Å². The van der Waals surface area contributed by atoms with E-state index in [4.69, 9.17) is 10.5 Å². The Morgan fingerprint density at radius 3 is 2.59 bits per heavy atom. The molecule has 0 aliphatic heterocycles. The van der Waals surface area contributed by atoms with E-state index in [1.54, 1.807) is 0 Å². The molecule has 0 unspecified atom stereocenters. The number of hydrogen-bond donors (Lipinski definition) is 3. The maximum Gasteiger partial charge on any atom is 0.339 e. The predicted molar refractivity (Wildman–Crippen MR) is 121 cm³/mol. The molecule has 32 heavy (non-hydrogen) atoms. The number of rotatable bonds is 8. The van der Waals surface area contributed by atoms with Crippen LogP contribution in [0.4, 0.5) is 17.6 Å². The summed E-state index contributed by atoms with van der Waals surface area (Å²) in [6.45, 7) is -0.279. The zero-order valence-electron chi connectivity index (χ0n) is 16.7. The summed E-state index contributed by atoms with van der Waals surface area (Å²) in [5, 5.41) is 2.99. The fourth-order valence-electron chi connectivity index (χ4n) is 2.73.